The van der Waals surface area contributed by atoms with Gasteiger partial charge < -0.3 is 0 Å². The lowest BCUT2D eigenvalue weighted by molar-refractivity contribution is 0.812. The summed E-state index contributed by atoms with van der Waals surface area (Å²) in [7, 11) is 0. The zero-order valence-corrected chi connectivity index (χ0v) is 11.6. The first kappa shape index (κ1) is 11.3. The number of aromatic nitrogens is 2. The largest absolute Gasteiger partial charge is 0.240 e. The number of hydrogen-bond donors (Lipinski definition) is 0. The van der Waals surface area contributed by atoms with Crippen LogP contribution in [0, 0.1) is 0 Å². The first-order valence-electron chi connectivity index (χ1n) is 7.58. The molecule has 4 rings (SSSR count). The monoisotopic (exact) mass is 252 g/mol. The van der Waals surface area contributed by atoms with E-state index >= 15 is 0 Å². The molecule has 2 aliphatic carbocycles. The molecule has 2 aliphatic rings. The summed E-state index contributed by atoms with van der Waals surface area (Å²) in [4.78, 5) is 0. The summed E-state index contributed by atoms with van der Waals surface area (Å²) in [6, 6.07) is 4.65. The average Bonchev–Trinajstić information content (AvgIpc) is 3.15. The van der Waals surface area contributed by atoms with Crippen LogP contribution < -0.4 is 0 Å². The van der Waals surface area contributed by atoms with Crippen molar-refractivity contribution in [2.75, 3.05) is 0 Å². The molecular weight excluding hydrogens is 232 g/mol. The van der Waals surface area contributed by atoms with Crippen molar-refractivity contribution >= 4 is 0 Å². The molecule has 0 saturated heterocycles. The first-order chi connectivity index (χ1) is 9.36. The van der Waals surface area contributed by atoms with Crippen molar-refractivity contribution in [3.05, 3.63) is 46.3 Å². The molecule has 1 heterocycles. The summed E-state index contributed by atoms with van der Waals surface area (Å²) >= 11 is 0. The molecule has 2 aromatic rings. The maximum atomic E-state index is 4.77. The quantitative estimate of drug-likeness (QED) is 0.801. The van der Waals surface area contributed by atoms with Crippen molar-refractivity contribution in [1.29, 1.82) is 0 Å². The summed E-state index contributed by atoms with van der Waals surface area (Å²) < 4.78 is 2.16. The maximum Gasteiger partial charge on any atom is 0.0715 e. The number of rotatable bonds is 2. The number of fused-ring (bicyclic) bond motifs is 2. The number of aryl methyl sites for hydroxylation is 3. The average molecular weight is 252 g/mol. The maximum absolute atomic E-state index is 4.77. The third-order valence-corrected chi connectivity index (χ3v) is 4.68. The van der Waals surface area contributed by atoms with Gasteiger partial charge in [0.15, 0.2) is 0 Å². The fraction of sp³-hybridized carbons (Fsp3) is 0.471. The van der Waals surface area contributed by atoms with Crippen LogP contribution in [0.5, 0.6) is 0 Å². The second kappa shape index (κ2) is 4.22. The fourth-order valence-corrected chi connectivity index (χ4v) is 3.74. The highest BCUT2D eigenvalue weighted by atomic mass is 15.3. The van der Waals surface area contributed by atoms with Crippen molar-refractivity contribution in [2.45, 2.75) is 51.9 Å². The lowest BCUT2D eigenvalue weighted by atomic mass is 9.99. The molecule has 0 aliphatic heterocycles. The van der Waals surface area contributed by atoms with Gasteiger partial charge >= 0.3 is 0 Å². The van der Waals surface area contributed by atoms with E-state index in [1.54, 1.807) is 22.3 Å². The van der Waals surface area contributed by atoms with Crippen molar-refractivity contribution < 1.29 is 0 Å². The zero-order valence-electron chi connectivity index (χ0n) is 11.6. The van der Waals surface area contributed by atoms with E-state index in [1.165, 1.54) is 49.9 Å². The van der Waals surface area contributed by atoms with E-state index in [4.69, 9.17) is 5.10 Å². The van der Waals surface area contributed by atoms with E-state index in [1.807, 2.05) is 0 Å². The summed E-state index contributed by atoms with van der Waals surface area (Å²) in [6.07, 6.45) is 10.8. The highest BCUT2D eigenvalue weighted by Gasteiger charge is 2.25. The Morgan fingerprint density at radius 3 is 2.32 bits per heavy atom. The molecule has 0 unspecified atom stereocenters. The molecule has 0 spiro atoms. The van der Waals surface area contributed by atoms with Crippen LogP contribution in [-0.2, 0) is 32.1 Å². The van der Waals surface area contributed by atoms with E-state index in [2.05, 4.69) is 29.9 Å². The van der Waals surface area contributed by atoms with Gasteiger partial charge in [0.05, 0.1) is 11.4 Å². The van der Waals surface area contributed by atoms with Gasteiger partial charge in [0.1, 0.15) is 0 Å². The summed E-state index contributed by atoms with van der Waals surface area (Å²) in [6.45, 7) is 2.17. The molecule has 0 amide bonds. The highest BCUT2D eigenvalue weighted by molar-refractivity contribution is 5.58. The molecule has 0 bridgehead atoms. The van der Waals surface area contributed by atoms with Crippen LogP contribution in [0.4, 0.5) is 0 Å². The van der Waals surface area contributed by atoms with Crippen LogP contribution in [-0.4, -0.2) is 9.78 Å². The molecule has 2 nitrogen and oxygen atoms in total. The standard InChI is InChI=1S/C17H20N2/c1-2-14-9-10-19(18-14)17-15-7-3-5-12(15)11-13-6-4-8-16(13)17/h9-11H,2-8H2,1H3. The SMILES string of the molecule is CCc1ccn(-c2c3c(cc4c2CCC4)CCC3)n1. The van der Waals surface area contributed by atoms with E-state index in [-0.39, 0.29) is 0 Å². The van der Waals surface area contributed by atoms with Crippen LogP contribution in [0.1, 0.15) is 47.7 Å². The molecule has 0 saturated carbocycles. The molecule has 19 heavy (non-hydrogen) atoms. The van der Waals surface area contributed by atoms with Gasteiger partial charge in [0.2, 0.25) is 0 Å². The molecular formula is C17H20N2. The molecule has 2 heteroatoms. The van der Waals surface area contributed by atoms with Gasteiger partial charge in [-0.25, -0.2) is 4.68 Å². The Labute approximate surface area is 114 Å². The third-order valence-electron chi connectivity index (χ3n) is 4.68. The van der Waals surface area contributed by atoms with Crippen LogP contribution in [0.2, 0.25) is 0 Å². The van der Waals surface area contributed by atoms with E-state index < -0.39 is 0 Å². The molecule has 1 aromatic heterocycles. The van der Waals surface area contributed by atoms with Crippen molar-refractivity contribution in [3.8, 4) is 5.69 Å². The van der Waals surface area contributed by atoms with Gasteiger partial charge in [0, 0.05) is 6.20 Å². The van der Waals surface area contributed by atoms with Crippen molar-refractivity contribution in [3.63, 3.8) is 0 Å². The molecule has 0 fully saturated rings. The molecule has 0 atom stereocenters. The lowest BCUT2D eigenvalue weighted by Crippen LogP contribution is -2.06. The van der Waals surface area contributed by atoms with E-state index in [0.717, 1.165) is 6.42 Å². The Hall–Kier alpha value is -1.57. The summed E-state index contributed by atoms with van der Waals surface area (Å²) in [5, 5.41) is 4.77. The van der Waals surface area contributed by atoms with Gasteiger partial charge in [-0.1, -0.05) is 13.0 Å². The third kappa shape index (κ3) is 1.66. The minimum Gasteiger partial charge on any atom is -0.240 e. The lowest BCUT2D eigenvalue weighted by Gasteiger charge is -2.15. The Balaban J connectivity index is 1.95. The number of hydrogen-bond acceptors (Lipinski definition) is 1. The second-order valence-electron chi connectivity index (χ2n) is 5.81. The summed E-state index contributed by atoms with van der Waals surface area (Å²) in [5.74, 6) is 0. The topological polar surface area (TPSA) is 17.8 Å². The van der Waals surface area contributed by atoms with Gasteiger partial charge in [-0.3, -0.25) is 0 Å². The number of benzene rings is 1. The van der Waals surface area contributed by atoms with Crippen LogP contribution in [0.25, 0.3) is 5.69 Å². The molecule has 0 N–H and O–H groups in total. The fourth-order valence-electron chi connectivity index (χ4n) is 3.74. The van der Waals surface area contributed by atoms with Gasteiger partial charge in [-0.05, 0) is 73.3 Å². The Kier molecular flexibility index (Phi) is 2.51. The van der Waals surface area contributed by atoms with Gasteiger partial charge in [0.25, 0.3) is 0 Å². The summed E-state index contributed by atoms with van der Waals surface area (Å²) in [5.41, 5.74) is 8.95. The Bertz CT molecular complexity index is 605. The highest BCUT2D eigenvalue weighted by Crippen LogP contribution is 2.37. The van der Waals surface area contributed by atoms with Crippen molar-refractivity contribution in [1.82, 2.24) is 9.78 Å². The smallest absolute Gasteiger partial charge is 0.0715 e. The van der Waals surface area contributed by atoms with Gasteiger partial charge in [-0.2, -0.15) is 5.10 Å². The molecule has 1 aromatic carbocycles. The number of nitrogens with zero attached hydrogens (tertiary/aromatic N) is 2. The van der Waals surface area contributed by atoms with Crippen molar-refractivity contribution in [2.24, 2.45) is 0 Å². The predicted octanol–water partition coefficient (Wildman–Crippen LogP) is 3.41. The second-order valence-corrected chi connectivity index (χ2v) is 5.81. The van der Waals surface area contributed by atoms with Crippen LogP contribution in [0.15, 0.2) is 18.3 Å². The van der Waals surface area contributed by atoms with Crippen LogP contribution in [0.3, 0.4) is 0 Å². The van der Waals surface area contributed by atoms with E-state index in [9.17, 15) is 0 Å². The van der Waals surface area contributed by atoms with E-state index in [0.29, 0.717) is 0 Å². The minimum absolute atomic E-state index is 1.02. The van der Waals surface area contributed by atoms with Gasteiger partial charge in [-0.15, -0.1) is 0 Å². The Morgan fingerprint density at radius 2 is 1.74 bits per heavy atom. The Morgan fingerprint density at radius 1 is 1.05 bits per heavy atom. The normalized spacial score (nSPS) is 16.7. The zero-order chi connectivity index (χ0) is 12.8. The minimum atomic E-state index is 1.02. The molecule has 98 valence electrons. The van der Waals surface area contributed by atoms with Crippen LogP contribution >= 0.6 is 0 Å². The molecule has 0 radical (unpaired) electrons. The first-order valence-corrected chi connectivity index (χ1v) is 7.58. The predicted molar refractivity (Wildman–Crippen MR) is 77.0 cm³/mol.